The van der Waals surface area contributed by atoms with Crippen LogP contribution in [0.25, 0.3) is 0 Å². The summed E-state index contributed by atoms with van der Waals surface area (Å²) >= 11 is 0. The van der Waals surface area contributed by atoms with E-state index >= 15 is 0 Å². The van der Waals surface area contributed by atoms with Crippen molar-refractivity contribution in [2.24, 2.45) is 7.05 Å². The van der Waals surface area contributed by atoms with Crippen LogP contribution in [0.15, 0.2) is 24.5 Å². The third-order valence-corrected chi connectivity index (χ3v) is 2.72. The first-order valence-electron chi connectivity index (χ1n) is 6.14. The fraction of sp³-hybridized carbons (Fsp3) is 0.308. The van der Waals surface area contributed by atoms with E-state index in [4.69, 9.17) is 0 Å². The van der Waals surface area contributed by atoms with Gasteiger partial charge in [-0.1, -0.05) is 0 Å². The van der Waals surface area contributed by atoms with Gasteiger partial charge in [-0.2, -0.15) is 13.9 Å². The van der Waals surface area contributed by atoms with Gasteiger partial charge in [0, 0.05) is 13.2 Å². The molecule has 2 aromatic heterocycles. The molecule has 0 spiro atoms. The summed E-state index contributed by atoms with van der Waals surface area (Å²) in [5, 5.41) is 6.86. The molecule has 1 N–H and O–H groups in total. The number of hydrogen-bond donors (Lipinski definition) is 1. The van der Waals surface area contributed by atoms with Crippen LogP contribution in [0.1, 0.15) is 21.7 Å². The zero-order valence-corrected chi connectivity index (χ0v) is 11.5. The van der Waals surface area contributed by atoms with Gasteiger partial charge in [-0.15, -0.1) is 0 Å². The van der Waals surface area contributed by atoms with Crippen LogP contribution >= 0.6 is 0 Å². The predicted molar refractivity (Wildman–Crippen MR) is 70.0 cm³/mol. The summed E-state index contributed by atoms with van der Waals surface area (Å²) in [6.07, 6.45) is 2.92. The molecule has 0 atom stereocenters. The third-order valence-electron chi connectivity index (χ3n) is 2.72. The van der Waals surface area contributed by atoms with Gasteiger partial charge in [0.05, 0.1) is 18.4 Å². The number of rotatable bonds is 5. The van der Waals surface area contributed by atoms with Crippen molar-refractivity contribution in [3.8, 4) is 5.75 Å². The minimum absolute atomic E-state index is 0.0953. The van der Waals surface area contributed by atoms with E-state index in [1.165, 1.54) is 12.1 Å². The van der Waals surface area contributed by atoms with Gasteiger partial charge in [0.1, 0.15) is 11.4 Å². The number of nitrogens with one attached hydrogen (secondary N) is 1. The number of aromatic nitrogens is 3. The van der Waals surface area contributed by atoms with Crippen LogP contribution in [-0.4, -0.2) is 27.3 Å². The van der Waals surface area contributed by atoms with Crippen molar-refractivity contribution in [3.05, 3.63) is 41.5 Å². The Hall–Kier alpha value is -2.51. The topological polar surface area (TPSA) is 69.0 Å². The van der Waals surface area contributed by atoms with Gasteiger partial charge < -0.3 is 10.1 Å². The zero-order chi connectivity index (χ0) is 15.4. The first-order chi connectivity index (χ1) is 9.95. The predicted octanol–water partition coefficient (Wildman–Crippen LogP) is 1.65. The molecule has 0 aliphatic carbocycles. The van der Waals surface area contributed by atoms with Crippen molar-refractivity contribution in [1.82, 2.24) is 20.1 Å². The summed E-state index contributed by atoms with van der Waals surface area (Å²) in [6.45, 7) is -0.760. The Bertz CT molecular complexity index is 626. The van der Waals surface area contributed by atoms with Crippen LogP contribution in [0.3, 0.4) is 0 Å². The number of ether oxygens (including phenoxy) is 1. The smallest absolute Gasteiger partial charge is 0.387 e. The average molecular weight is 296 g/mol. The number of hydrogen-bond acceptors (Lipinski definition) is 4. The second-order valence-corrected chi connectivity index (χ2v) is 4.37. The molecule has 6 nitrogen and oxygen atoms in total. The molecule has 0 unspecified atom stereocenters. The van der Waals surface area contributed by atoms with E-state index in [0.717, 1.165) is 17.5 Å². The van der Waals surface area contributed by atoms with Crippen molar-refractivity contribution in [2.75, 3.05) is 0 Å². The van der Waals surface area contributed by atoms with Crippen LogP contribution < -0.4 is 10.1 Å². The lowest BCUT2D eigenvalue weighted by Gasteiger charge is -2.06. The molecule has 21 heavy (non-hydrogen) atoms. The van der Waals surface area contributed by atoms with Crippen molar-refractivity contribution >= 4 is 5.91 Å². The standard InChI is InChI=1S/C13H14F2N4O2/c1-8-7-19(2)18-11(8)6-17-12(20)10-4-3-9(5-16-10)21-13(14)15/h3-5,7,13H,6H2,1-2H3,(H,17,20). The number of nitrogens with zero attached hydrogens (tertiary/aromatic N) is 3. The summed E-state index contributed by atoms with van der Waals surface area (Å²) in [5.74, 6) is -0.509. The summed E-state index contributed by atoms with van der Waals surface area (Å²) in [6, 6.07) is 2.58. The lowest BCUT2D eigenvalue weighted by molar-refractivity contribution is -0.0500. The second kappa shape index (κ2) is 6.29. The maximum Gasteiger partial charge on any atom is 0.387 e. The Morgan fingerprint density at radius 2 is 2.24 bits per heavy atom. The van der Waals surface area contributed by atoms with Gasteiger partial charge in [-0.25, -0.2) is 4.98 Å². The van der Waals surface area contributed by atoms with Crippen molar-refractivity contribution in [2.45, 2.75) is 20.1 Å². The minimum Gasteiger partial charge on any atom is -0.433 e. The molecular weight excluding hydrogens is 282 g/mol. The number of carbonyl (C=O) groups excluding carboxylic acids is 1. The van der Waals surface area contributed by atoms with Crippen LogP contribution in [-0.2, 0) is 13.6 Å². The van der Waals surface area contributed by atoms with E-state index in [-0.39, 0.29) is 18.0 Å². The molecule has 2 rings (SSSR count). The summed E-state index contributed by atoms with van der Waals surface area (Å²) in [5.41, 5.74) is 1.83. The largest absolute Gasteiger partial charge is 0.433 e. The Labute approximate surface area is 119 Å². The lowest BCUT2D eigenvalue weighted by Crippen LogP contribution is -2.24. The van der Waals surface area contributed by atoms with Crippen LogP contribution in [0.4, 0.5) is 8.78 Å². The molecule has 0 saturated heterocycles. The quantitative estimate of drug-likeness (QED) is 0.911. The molecule has 0 radical (unpaired) electrons. The van der Waals surface area contributed by atoms with Gasteiger partial charge in [0.15, 0.2) is 0 Å². The first kappa shape index (κ1) is 14.9. The second-order valence-electron chi connectivity index (χ2n) is 4.37. The summed E-state index contributed by atoms with van der Waals surface area (Å²) in [4.78, 5) is 15.6. The van der Waals surface area contributed by atoms with Crippen LogP contribution in [0, 0.1) is 6.92 Å². The van der Waals surface area contributed by atoms with E-state index in [9.17, 15) is 13.6 Å². The Balaban J connectivity index is 1.95. The number of aryl methyl sites for hydroxylation is 2. The van der Waals surface area contributed by atoms with E-state index in [1.807, 2.05) is 13.1 Å². The molecule has 1 amide bonds. The van der Waals surface area contributed by atoms with Crippen molar-refractivity contribution < 1.29 is 18.3 Å². The lowest BCUT2D eigenvalue weighted by atomic mass is 10.2. The van der Waals surface area contributed by atoms with Crippen LogP contribution in [0.2, 0.25) is 0 Å². The monoisotopic (exact) mass is 296 g/mol. The third kappa shape index (κ3) is 3.98. The van der Waals surface area contributed by atoms with E-state index in [1.54, 1.807) is 11.7 Å². The fourth-order valence-corrected chi connectivity index (χ4v) is 1.77. The molecule has 0 bridgehead atoms. The maximum absolute atomic E-state index is 12.0. The number of amides is 1. The number of carbonyl (C=O) groups is 1. The van der Waals surface area contributed by atoms with E-state index in [2.05, 4.69) is 20.1 Å². The highest BCUT2D eigenvalue weighted by Gasteiger charge is 2.11. The summed E-state index contributed by atoms with van der Waals surface area (Å²) in [7, 11) is 1.79. The SMILES string of the molecule is Cc1cn(C)nc1CNC(=O)c1ccc(OC(F)F)cn1. The minimum atomic E-state index is -2.92. The molecule has 112 valence electrons. The molecule has 8 heteroatoms. The highest BCUT2D eigenvalue weighted by Crippen LogP contribution is 2.12. The Kier molecular flexibility index (Phi) is 4.46. The Morgan fingerprint density at radius 1 is 1.48 bits per heavy atom. The first-order valence-corrected chi connectivity index (χ1v) is 6.14. The average Bonchev–Trinajstić information content (AvgIpc) is 2.74. The number of alkyl halides is 2. The highest BCUT2D eigenvalue weighted by atomic mass is 19.3. The van der Waals surface area contributed by atoms with Gasteiger partial charge >= 0.3 is 6.61 Å². The molecular formula is C13H14F2N4O2. The molecule has 0 aliphatic heterocycles. The Morgan fingerprint density at radius 3 is 2.76 bits per heavy atom. The van der Waals surface area contributed by atoms with Gasteiger partial charge in [0.25, 0.3) is 5.91 Å². The van der Waals surface area contributed by atoms with Crippen LogP contribution in [0.5, 0.6) is 5.75 Å². The molecule has 0 aliphatic rings. The summed E-state index contributed by atoms with van der Waals surface area (Å²) < 4.78 is 29.8. The molecule has 2 heterocycles. The van der Waals surface area contributed by atoms with E-state index in [0.29, 0.717) is 0 Å². The van der Waals surface area contributed by atoms with Gasteiger partial charge in [-0.3, -0.25) is 9.48 Å². The van der Waals surface area contributed by atoms with Crippen molar-refractivity contribution in [3.63, 3.8) is 0 Å². The highest BCUT2D eigenvalue weighted by molar-refractivity contribution is 5.92. The molecule has 0 saturated carbocycles. The zero-order valence-electron chi connectivity index (χ0n) is 11.5. The molecule has 2 aromatic rings. The van der Waals surface area contributed by atoms with Crippen molar-refractivity contribution in [1.29, 1.82) is 0 Å². The van der Waals surface area contributed by atoms with Gasteiger partial charge in [0.2, 0.25) is 0 Å². The fourth-order valence-electron chi connectivity index (χ4n) is 1.77. The maximum atomic E-state index is 12.0. The van der Waals surface area contributed by atoms with E-state index < -0.39 is 12.5 Å². The molecule has 0 aromatic carbocycles. The number of pyridine rings is 1. The number of halogens is 2. The molecule has 0 fully saturated rings. The normalized spacial score (nSPS) is 10.7. The van der Waals surface area contributed by atoms with Gasteiger partial charge in [-0.05, 0) is 24.6 Å².